The van der Waals surface area contributed by atoms with Crippen LogP contribution in [0.25, 0.3) is 0 Å². The lowest BCUT2D eigenvalue weighted by molar-refractivity contribution is -0.0671. The zero-order chi connectivity index (χ0) is 23.4. The van der Waals surface area contributed by atoms with Crippen molar-refractivity contribution >= 4 is 5.91 Å². The van der Waals surface area contributed by atoms with Crippen LogP contribution in [0.3, 0.4) is 0 Å². The van der Waals surface area contributed by atoms with Crippen LogP contribution in [0, 0.1) is 0 Å². The molecule has 176 valence electrons. The Balaban J connectivity index is 1.46. The third kappa shape index (κ3) is 5.01. The minimum absolute atomic E-state index is 0.00471. The number of rotatable bonds is 7. The number of carbonyl (C=O) groups excluding carboxylic acids is 1. The molecule has 2 aromatic rings. The maximum atomic E-state index is 13.2. The summed E-state index contributed by atoms with van der Waals surface area (Å²) in [7, 11) is 1.59. The third-order valence-electron chi connectivity index (χ3n) is 6.30. The molecular weight excluding hydrogens is 418 g/mol. The molecule has 1 spiro atoms. The smallest absolute Gasteiger partial charge is 0.253 e. The van der Waals surface area contributed by atoms with Crippen LogP contribution < -0.4 is 14.2 Å². The summed E-state index contributed by atoms with van der Waals surface area (Å²) < 4.78 is 23.8. The summed E-state index contributed by atoms with van der Waals surface area (Å²) in [5, 5.41) is 0. The van der Waals surface area contributed by atoms with Crippen LogP contribution in [-0.4, -0.2) is 49.3 Å². The molecule has 0 aliphatic carbocycles. The van der Waals surface area contributed by atoms with Crippen molar-refractivity contribution in [3.05, 3.63) is 66.2 Å². The van der Waals surface area contributed by atoms with E-state index in [0.717, 1.165) is 30.6 Å². The molecule has 0 aromatic heterocycles. The van der Waals surface area contributed by atoms with Gasteiger partial charge in [-0.2, -0.15) is 0 Å². The Labute approximate surface area is 196 Å². The Morgan fingerprint density at radius 3 is 2.67 bits per heavy atom. The first kappa shape index (κ1) is 23.2. The van der Waals surface area contributed by atoms with Gasteiger partial charge >= 0.3 is 0 Å². The highest BCUT2D eigenvalue weighted by Crippen LogP contribution is 2.45. The molecule has 1 fully saturated rings. The van der Waals surface area contributed by atoms with E-state index in [2.05, 4.69) is 12.6 Å². The van der Waals surface area contributed by atoms with Gasteiger partial charge < -0.3 is 23.8 Å². The Bertz CT molecular complexity index is 994. The number of amides is 1. The summed E-state index contributed by atoms with van der Waals surface area (Å²) in [6.07, 6.45) is 4.05. The van der Waals surface area contributed by atoms with E-state index in [9.17, 15) is 4.79 Å². The van der Waals surface area contributed by atoms with Crippen molar-refractivity contribution < 1.29 is 23.7 Å². The fraction of sp³-hybridized carbons (Fsp3) is 0.444. The van der Waals surface area contributed by atoms with E-state index in [4.69, 9.17) is 18.9 Å². The maximum absolute atomic E-state index is 13.2. The molecule has 0 bridgehead atoms. The standard InChI is InChI=1S/C27H33NO5/c1-5-16-31-25-18-27(33-22-9-7-6-8-21(22)25)12-14-28(15-13-27)26(29)20-10-11-23(32-19(2)3)24(17-20)30-4/h5-11,17,19,25H,1,12-16,18H2,2-4H3. The summed E-state index contributed by atoms with van der Waals surface area (Å²) >= 11 is 0. The Hall–Kier alpha value is -2.99. The first-order chi connectivity index (χ1) is 15.9. The molecule has 6 heteroatoms. The first-order valence-electron chi connectivity index (χ1n) is 11.6. The summed E-state index contributed by atoms with van der Waals surface area (Å²) in [6.45, 7) is 9.45. The van der Waals surface area contributed by atoms with E-state index >= 15 is 0 Å². The summed E-state index contributed by atoms with van der Waals surface area (Å²) in [5.74, 6) is 2.08. The van der Waals surface area contributed by atoms with Crippen molar-refractivity contribution in [1.82, 2.24) is 4.90 Å². The number of piperidine rings is 1. The van der Waals surface area contributed by atoms with Gasteiger partial charge in [-0.1, -0.05) is 24.3 Å². The van der Waals surface area contributed by atoms with Crippen molar-refractivity contribution in [2.24, 2.45) is 0 Å². The molecule has 1 unspecified atom stereocenters. The van der Waals surface area contributed by atoms with E-state index in [-0.39, 0.29) is 23.7 Å². The SMILES string of the molecule is C=CCOC1CC2(CCN(C(=O)c3ccc(OC(C)C)c(OC)c3)CC2)Oc2ccccc21. The van der Waals surface area contributed by atoms with Crippen LogP contribution >= 0.6 is 0 Å². The van der Waals surface area contributed by atoms with Crippen molar-refractivity contribution in [3.8, 4) is 17.2 Å². The minimum Gasteiger partial charge on any atom is -0.493 e. The van der Waals surface area contributed by atoms with E-state index in [1.54, 1.807) is 31.4 Å². The lowest BCUT2D eigenvalue weighted by atomic mass is 9.81. The van der Waals surface area contributed by atoms with E-state index in [1.807, 2.05) is 36.9 Å². The molecular formula is C27H33NO5. The second-order valence-electron chi connectivity index (χ2n) is 8.96. The number of nitrogens with zero attached hydrogens (tertiary/aromatic N) is 1. The highest BCUT2D eigenvalue weighted by atomic mass is 16.5. The topological polar surface area (TPSA) is 57.2 Å². The molecule has 33 heavy (non-hydrogen) atoms. The summed E-state index contributed by atoms with van der Waals surface area (Å²) in [6, 6.07) is 13.4. The van der Waals surface area contributed by atoms with Crippen LogP contribution in [0.1, 0.15) is 55.1 Å². The second kappa shape index (κ2) is 9.87. The minimum atomic E-state index is -0.330. The zero-order valence-corrected chi connectivity index (χ0v) is 19.7. The van der Waals surface area contributed by atoms with Gasteiger partial charge in [0.1, 0.15) is 11.4 Å². The average Bonchev–Trinajstić information content (AvgIpc) is 2.82. The Morgan fingerprint density at radius 1 is 1.21 bits per heavy atom. The molecule has 0 N–H and O–H groups in total. The fourth-order valence-corrected chi connectivity index (χ4v) is 4.65. The van der Waals surface area contributed by atoms with Gasteiger partial charge in [-0.15, -0.1) is 6.58 Å². The van der Waals surface area contributed by atoms with Crippen molar-refractivity contribution in [3.63, 3.8) is 0 Å². The second-order valence-corrected chi connectivity index (χ2v) is 8.96. The van der Waals surface area contributed by atoms with Crippen molar-refractivity contribution in [1.29, 1.82) is 0 Å². The van der Waals surface area contributed by atoms with Gasteiger partial charge in [-0.3, -0.25) is 4.79 Å². The largest absolute Gasteiger partial charge is 0.493 e. The van der Waals surface area contributed by atoms with Crippen molar-refractivity contribution in [2.75, 3.05) is 26.8 Å². The molecule has 1 saturated heterocycles. The summed E-state index contributed by atoms with van der Waals surface area (Å²) in [4.78, 5) is 15.1. The number of benzene rings is 2. The van der Waals surface area contributed by atoms with Gasteiger partial charge in [-0.05, 0) is 38.1 Å². The van der Waals surface area contributed by atoms with Gasteiger partial charge in [0.15, 0.2) is 11.5 Å². The van der Waals surface area contributed by atoms with Gasteiger partial charge in [0, 0.05) is 43.5 Å². The Morgan fingerprint density at radius 2 is 1.97 bits per heavy atom. The van der Waals surface area contributed by atoms with Crippen LogP contribution in [0.2, 0.25) is 0 Å². The predicted molar refractivity (Wildman–Crippen MR) is 127 cm³/mol. The van der Waals surface area contributed by atoms with Crippen LogP contribution in [-0.2, 0) is 4.74 Å². The van der Waals surface area contributed by atoms with Crippen molar-refractivity contribution in [2.45, 2.75) is 50.9 Å². The molecule has 2 aromatic carbocycles. The zero-order valence-electron chi connectivity index (χ0n) is 19.7. The quantitative estimate of drug-likeness (QED) is 0.543. The molecule has 2 aliphatic rings. The lowest BCUT2D eigenvalue weighted by Crippen LogP contribution is -2.52. The summed E-state index contributed by atoms with van der Waals surface area (Å²) in [5.41, 5.74) is 1.35. The normalized spacial score (nSPS) is 19.0. The highest BCUT2D eigenvalue weighted by molar-refractivity contribution is 5.95. The number of hydrogen-bond donors (Lipinski definition) is 0. The number of para-hydroxylation sites is 1. The van der Waals surface area contributed by atoms with E-state index in [0.29, 0.717) is 36.8 Å². The number of carbonyl (C=O) groups is 1. The monoisotopic (exact) mass is 451 g/mol. The van der Waals surface area contributed by atoms with Gasteiger partial charge in [0.2, 0.25) is 0 Å². The predicted octanol–water partition coefficient (Wildman–Crippen LogP) is 5.18. The number of ether oxygens (including phenoxy) is 4. The highest BCUT2D eigenvalue weighted by Gasteiger charge is 2.44. The van der Waals surface area contributed by atoms with Gasteiger partial charge in [-0.25, -0.2) is 0 Å². The number of hydrogen-bond acceptors (Lipinski definition) is 5. The maximum Gasteiger partial charge on any atom is 0.253 e. The van der Waals surface area contributed by atoms with Crippen LogP contribution in [0.4, 0.5) is 0 Å². The molecule has 6 nitrogen and oxygen atoms in total. The van der Waals surface area contributed by atoms with Gasteiger partial charge in [0.05, 0.1) is 25.9 Å². The molecule has 2 heterocycles. The molecule has 0 radical (unpaired) electrons. The Kier molecular flexibility index (Phi) is 6.94. The third-order valence-corrected chi connectivity index (χ3v) is 6.30. The first-order valence-corrected chi connectivity index (χ1v) is 11.6. The van der Waals surface area contributed by atoms with Crippen LogP contribution in [0.15, 0.2) is 55.1 Å². The molecule has 1 atom stereocenters. The molecule has 2 aliphatic heterocycles. The van der Waals surface area contributed by atoms with E-state index in [1.165, 1.54) is 0 Å². The molecule has 4 rings (SSSR count). The lowest BCUT2D eigenvalue weighted by Gasteiger charge is -2.46. The van der Waals surface area contributed by atoms with Gasteiger partial charge in [0.25, 0.3) is 5.91 Å². The fourth-order valence-electron chi connectivity index (χ4n) is 4.65. The number of fused-ring (bicyclic) bond motifs is 1. The average molecular weight is 452 g/mol. The molecule has 0 saturated carbocycles. The van der Waals surface area contributed by atoms with E-state index < -0.39 is 0 Å². The molecule has 1 amide bonds. The number of likely N-dealkylation sites (tertiary alicyclic amines) is 1. The number of methoxy groups -OCH3 is 1. The van der Waals surface area contributed by atoms with Crippen LogP contribution in [0.5, 0.6) is 17.2 Å².